The summed E-state index contributed by atoms with van der Waals surface area (Å²) in [6, 6.07) is 11.1. The van der Waals surface area contributed by atoms with E-state index in [0.717, 1.165) is 5.69 Å². The van der Waals surface area contributed by atoms with E-state index in [-0.39, 0.29) is 23.9 Å². The van der Waals surface area contributed by atoms with Crippen molar-refractivity contribution in [3.8, 4) is 0 Å². The highest BCUT2D eigenvalue weighted by Gasteiger charge is 2.22. The van der Waals surface area contributed by atoms with Crippen LogP contribution in [-0.4, -0.2) is 36.7 Å². The number of pyridine rings is 1. The van der Waals surface area contributed by atoms with Crippen molar-refractivity contribution in [2.75, 3.05) is 18.4 Å². The Balaban J connectivity index is 2.20. The minimum atomic E-state index is -3.69. The van der Waals surface area contributed by atoms with E-state index in [1.165, 1.54) is 40.7 Å². The molecule has 0 aliphatic rings. The van der Waals surface area contributed by atoms with E-state index in [1.54, 1.807) is 12.1 Å². The maximum Gasteiger partial charge on any atom is 0.256 e. The number of carbonyl (C=O) groups excluding carboxylic acids is 1. The molecule has 1 amide bonds. The van der Waals surface area contributed by atoms with E-state index in [0.29, 0.717) is 11.4 Å². The maximum absolute atomic E-state index is 12.6. The molecule has 2 aromatic rings. The van der Waals surface area contributed by atoms with Crippen LogP contribution in [0.2, 0.25) is 0 Å². The summed E-state index contributed by atoms with van der Waals surface area (Å²) in [6.07, 6.45) is 3.02. The number of aromatic nitrogens is 1. The van der Waals surface area contributed by atoms with Crippen LogP contribution in [0, 0.1) is 6.92 Å². The van der Waals surface area contributed by atoms with E-state index in [4.69, 9.17) is 0 Å². The Hall–Kier alpha value is -2.77. The molecular formula is C19H21N3O3S. The molecule has 26 heavy (non-hydrogen) atoms. The molecule has 1 N–H and O–H groups in total. The topological polar surface area (TPSA) is 79.4 Å². The SMILES string of the molecule is C=CCN(CC=C)S(=O)(=O)c1ccc(C(=O)Nc2cccc(C)n2)cc1. The number of hydrogen-bond donors (Lipinski definition) is 1. The van der Waals surface area contributed by atoms with Gasteiger partial charge in [0.1, 0.15) is 5.82 Å². The number of amides is 1. The summed E-state index contributed by atoms with van der Waals surface area (Å²) in [5.41, 5.74) is 1.13. The van der Waals surface area contributed by atoms with Crippen molar-refractivity contribution in [2.45, 2.75) is 11.8 Å². The lowest BCUT2D eigenvalue weighted by molar-refractivity contribution is 0.102. The highest BCUT2D eigenvalue weighted by molar-refractivity contribution is 7.89. The van der Waals surface area contributed by atoms with E-state index in [9.17, 15) is 13.2 Å². The molecule has 0 atom stereocenters. The van der Waals surface area contributed by atoms with Crippen LogP contribution in [0.3, 0.4) is 0 Å². The first-order valence-corrected chi connectivity index (χ1v) is 9.39. The number of rotatable bonds is 8. The van der Waals surface area contributed by atoms with Gasteiger partial charge < -0.3 is 5.32 Å². The summed E-state index contributed by atoms with van der Waals surface area (Å²) in [7, 11) is -3.69. The molecule has 0 aliphatic heterocycles. The number of aryl methyl sites for hydroxylation is 1. The molecule has 1 aromatic heterocycles. The highest BCUT2D eigenvalue weighted by Crippen LogP contribution is 2.17. The minimum absolute atomic E-state index is 0.103. The summed E-state index contributed by atoms with van der Waals surface area (Å²) < 4.78 is 26.5. The summed E-state index contributed by atoms with van der Waals surface area (Å²) in [6.45, 7) is 9.33. The van der Waals surface area contributed by atoms with Crippen LogP contribution in [0.4, 0.5) is 5.82 Å². The number of nitrogens with zero attached hydrogens (tertiary/aromatic N) is 2. The van der Waals surface area contributed by atoms with Crippen molar-refractivity contribution in [3.05, 3.63) is 79.0 Å². The first-order valence-electron chi connectivity index (χ1n) is 7.95. The standard InChI is InChI=1S/C19H21N3O3S/c1-4-13-22(14-5-2)26(24,25)17-11-9-16(10-12-17)19(23)21-18-8-6-7-15(3)20-18/h4-12H,1-2,13-14H2,3H3,(H,20,21,23). The van der Waals surface area contributed by atoms with E-state index in [2.05, 4.69) is 23.5 Å². The lowest BCUT2D eigenvalue weighted by Crippen LogP contribution is -2.31. The van der Waals surface area contributed by atoms with Gasteiger partial charge in [0.05, 0.1) is 4.90 Å². The third kappa shape index (κ3) is 4.65. The summed E-state index contributed by atoms with van der Waals surface area (Å²) in [5.74, 6) is 0.0796. The lowest BCUT2D eigenvalue weighted by atomic mass is 10.2. The van der Waals surface area contributed by atoms with Crippen LogP contribution in [0.1, 0.15) is 16.1 Å². The number of nitrogens with one attached hydrogen (secondary N) is 1. The lowest BCUT2D eigenvalue weighted by Gasteiger charge is -2.19. The summed E-state index contributed by atoms with van der Waals surface area (Å²) in [5, 5.41) is 2.68. The van der Waals surface area contributed by atoms with Crippen LogP contribution in [0.5, 0.6) is 0 Å². The normalized spacial score (nSPS) is 11.2. The predicted octanol–water partition coefficient (Wildman–Crippen LogP) is 3.01. The number of benzene rings is 1. The maximum atomic E-state index is 12.6. The molecular weight excluding hydrogens is 350 g/mol. The van der Waals surface area contributed by atoms with Crippen LogP contribution in [0.15, 0.2) is 72.7 Å². The number of carbonyl (C=O) groups is 1. The van der Waals surface area contributed by atoms with Crippen molar-refractivity contribution in [1.29, 1.82) is 0 Å². The molecule has 7 heteroatoms. The molecule has 136 valence electrons. The van der Waals surface area contributed by atoms with Gasteiger partial charge in [0.2, 0.25) is 10.0 Å². The number of hydrogen-bond acceptors (Lipinski definition) is 4. The Labute approximate surface area is 153 Å². The van der Waals surface area contributed by atoms with Crippen LogP contribution >= 0.6 is 0 Å². The fourth-order valence-electron chi connectivity index (χ4n) is 2.29. The second-order valence-corrected chi connectivity index (χ2v) is 7.48. The Morgan fingerprint density at radius 2 is 1.73 bits per heavy atom. The van der Waals surface area contributed by atoms with Gasteiger partial charge in [-0.3, -0.25) is 4.79 Å². The Morgan fingerprint density at radius 1 is 1.12 bits per heavy atom. The van der Waals surface area contributed by atoms with E-state index >= 15 is 0 Å². The van der Waals surface area contributed by atoms with Crippen molar-refractivity contribution in [1.82, 2.24) is 9.29 Å². The summed E-state index contributed by atoms with van der Waals surface area (Å²) in [4.78, 5) is 16.6. The third-order valence-electron chi connectivity index (χ3n) is 3.55. The molecule has 0 spiro atoms. The zero-order valence-electron chi connectivity index (χ0n) is 14.6. The minimum Gasteiger partial charge on any atom is -0.307 e. The van der Waals surface area contributed by atoms with Gasteiger partial charge >= 0.3 is 0 Å². The summed E-state index contributed by atoms with van der Waals surface area (Å²) >= 11 is 0. The van der Waals surface area contributed by atoms with Gasteiger partial charge in [0.25, 0.3) is 5.91 Å². The van der Waals surface area contributed by atoms with Gasteiger partial charge in [-0.15, -0.1) is 13.2 Å². The van der Waals surface area contributed by atoms with Gasteiger partial charge in [-0.2, -0.15) is 4.31 Å². The molecule has 0 saturated heterocycles. The van der Waals surface area contributed by atoms with Crippen molar-refractivity contribution < 1.29 is 13.2 Å². The number of sulfonamides is 1. The zero-order chi connectivity index (χ0) is 19.2. The average Bonchev–Trinajstić information content (AvgIpc) is 2.61. The van der Waals surface area contributed by atoms with E-state index < -0.39 is 10.0 Å². The molecule has 0 saturated carbocycles. The predicted molar refractivity (Wildman–Crippen MR) is 103 cm³/mol. The Kier molecular flexibility index (Phi) is 6.43. The fraction of sp³-hybridized carbons (Fsp3) is 0.158. The van der Waals surface area contributed by atoms with Gasteiger partial charge in [-0.1, -0.05) is 18.2 Å². The molecule has 0 bridgehead atoms. The zero-order valence-corrected chi connectivity index (χ0v) is 15.4. The van der Waals surface area contributed by atoms with Crippen LogP contribution < -0.4 is 5.32 Å². The molecule has 0 unspecified atom stereocenters. The first kappa shape index (κ1) is 19.6. The second kappa shape index (κ2) is 8.55. The molecule has 6 nitrogen and oxygen atoms in total. The Morgan fingerprint density at radius 3 is 2.27 bits per heavy atom. The van der Waals surface area contributed by atoms with Crippen LogP contribution in [-0.2, 0) is 10.0 Å². The Bertz CT molecular complexity index is 896. The van der Waals surface area contributed by atoms with Gasteiger partial charge in [-0.05, 0) is 43.3 Å². The monoisotopic (exact) mass is 371 g/mol. The molecule has 2 rings (SSSR count). The third-order valence-corrected chi connectivity index (χ3v) is 5.40. The van der Waals surface area contributed by atoms with E-state index in [1.807, 2.05) is 13.0 Å². The van der Waals surface area contributed by atoms with Crippen molar-refractivity contribution in [3.63, 3.8) is 0 Å². The smallest absolute Gasteiger partial charge is 0.256 e. The highest BCUT2D eigenvalue weighted by atomic mass is 32.2. The molecule has 1 heterocycles. The van der Waals surface area contributed by atoms with Crippen molar-refractivity contribution in [2.24, 2.45) is 0 Å². The van der Waals surface area contributed by atoms with Crippen LogP contribution in [0.25, 0.3) is 0 Å². The quantitative estimate of drug-likeness (QED) is 0.724. The van der Waals surface area contributed by atoms with Gasteiger partial charge in [0, 0.05) is 24.3 Å². The fourth-order valence-corrected chi connectivity index (χ4v) is 3.67. The first-order chi connectivity index (χ1) is 12.4. The van der Waals surface area contributed by atoms with Crippen molar-refractivity contribution >= 4 is 21.7 Å². The largest absolute Gasteiger partial charge is 0.307 e. The molecule has 1 aromatic carbocycles. The molecule has 0 radical (unpaired) electrons. The average molecular weight is 371 g/mol. The van der Waals surface area contributed by atoms with Gasteiger partial charge in [0.15, 0.2) is 0 Å². The molecule has 0 fully saturated rings. The number of anilines is 1. The van der Waals surface area contributed by atoms with Gasteiger partial charge in [-0.25, -0.2) is 13.4 Å². The molecule has 0 aliphatic carbocycles. The second-order valence-electron chi connectivity index (χ2n) is 5.54.